The van der Waals surface area contributed by atoms with Crippen LogP contribution in [0.4, 0.5) is 19.0 Å². The first kappa shape index (κ1) is 16.1. The number of hydrogen-bond acceptors (Lipinski definition) is 4. The smallest absolute Gasteiger partial charge is 0.417 e. The van der Waals surface area contributed by atoms with E-state index in [0.717, 1.165) is 36.4 Å². The first-order chi connectivity index (χ1) is 12.0. The van der Waals surface area contributed by atoms with Crippen molar-refractivity contribution in [2.45, 2.75) is 25.1 Å². The average Bonchev–Trinajstić information content (AvgIpc) is 3.44. The molecule has 132 valence electrons. The van der Waals surface area contributed by atoms with Gasteiger partial charge in [0.1, 0.15) is 19.0 Å². The second-order valence-corrected chi connectivity index (χ2v) is 6.29. The summed E-state index contributed by atoms with van der Waals surface area (Å²) in [7, 11) is 0. The highest BCUT2D eigenvalue weighted by Crippen LogP contribution is 2.44. The lowest BCUT2D eigenvalue weighted by molar-refractivity contribution is -0.137. The first-order valence-electron chi connectivity index (χ1n) is 8.20. The molecule has 2 aromatic rings. The minimum atomic E-state index is -4.38. The Morgan fingerprint density at radius 3 is 2.44 bits per heavy atom. The van der Waals surface area contributed by atoms with Crippen LogP contribution < -0.4 is 14.8 Å². The summed E-state index contributed by atoms with van der Waals surface area (Å²) in [5, 5.41) is 3.27. The Labute approximate surface area is 143 Å². The van der Waals surface area contributed by atoms with Gasteiger partial charge in [0.15, 0.2) is 11.5 Å². The number of ether oxygens (including phenoxy) is 2. The maximum atomic E-state index is 12.7. The molecule has 25 heavy (non-hydrogen) atoms. The third-order valence-corrected chi connectivity index (χ3v) is 4.41. The van der Waals surface area contributed by atoms with E-state index >= 15 is 0 Å². The van der Waals surface area contributed by atoms with Crippen LogP contribution in [0.5, 0.6) is 11.5 Å². The fraction of sp³-hybridized carbons (Fsp3) is 0.389. The molecule has 1 atom stereocenters. The topological polar surface area (TPSA) is 43.4 Å². The second kappa shape index (κ2) is 6.13. The Kier molecular flexibility index (Phi) is 3.94. The van der Waals surface area contributed by atoms with Gasteiger partial charge in [-0.3, -0.25) is 0 Å². The third-order valence-electron chi connectivity index (χ3n) is 4.41. The molecule has 2 aliphatic rings. The number of halogens is 3. The van der Waals surface area contributed by atoms with Gasteiger partial charge in [-0.1, -0.05) is 6.07 Å². The number of benzene rings is 1. The number of pyridine rings is 1. The van der Waals surface area contributed by atoms with E-state index in [-0.39, 0.29) is 6.04 Å². The van der Waals surface area contributed by atoms with Crippen molar-refractivity contribution in [3.63, 3.8) is 0 Å². The molecule has 4 nitrogen and oxygen atoms in total. The number of alkyl halides is 3. The van der Waals surface area contributed by atoms with Gasteiger partial charge in [-0.25, -0.2) is 4.98 Å². The highest BCUT2D eigenvalue weighted by atomic mass is 19.4. The van der Waals surface area contributed by atoms with Gasteiger partial charge in [0.05, 0.1) is 11.6 Å². The lowest BCUT2D eigenvalue weighted by Gasteiger charge is -2.23. The number of rotatable bonds is 4. The van der Waals surface area contributed by atoms with Crippen molar-refractivity contribution in [3.05, 3.63) is 47.7 Å². The predicted octanol–water partition coefficient (Wildman–Crippen LogP) is 4.43. The number of aromatic nitrogens is 1. The molecule has 1 aromatic carbocycles. The Morgan fingerprint density at radius 2 is 1.80 bits per heavy atom. The molecule has 0 amide bonds. The highest BCUT2D eigenvalue weighted by Gasteiger charge is 2.34. The average molecular weight is 350 g/mol. The molecule has 0 bridgehead atoms. The van der Waals surface area contributed by atoms with Crippen LogP contribution in [-0.4, -0.2) is 18.2 Å². The zero-order valence-corrected chi connectivity index (χ0v) is 13.3. The number of hydrogen-bond donors (Lipinski definition) is 1. The van der Waals surface area contributed by atoms with Crippen molar-refractivity contribution in [1.29, 1.82) is 0 Å². The molecule has 1 fully saturated rings. The van der Waals surface area contributed by atoms with Crippen LogP contribution in [0.15, 0.2) is 36.5 Å². The van der Waals surface area contributed by atoms with Crippen LogP contribution in [0, 0.1) is 5.92 Å². The van der Waals surface area contributed by atoms with Crippen LogP contribution in [-0.2, 0) is 6.18 Å². The quantitative estimate of drug-likeness (QED) is 0.886. The fourth-order valence-corrected chi connectivity index (χ4v) is 2.96. The van der Waals surface area contributed by atoms with Crippen LogP contribution in [0.3, 0.4) is 0 Å². The summed E-state index contributed by atoms with van der Waals surface area (Å²) in [5.74, 6) is 2.29. The third kappa shape index (κ3) is 3.50. The van der Waals surface area contributed by atoms with E-state index in [1.54, 1.807) is 0 Å². The van der Waals surface area contributed by atoms with Crippen LogP contribution in [0.1, 0.15) is 30.0 Å². The van der Waals surface area contributed by atoms with Gasteiger partial charge in [-0.05, 0) is 48.6 Å². The largest absolute Gasteiger partial charge is 0.486 e. The molecular formula is C18H17F3N2O2. The Hall–Kier alpha value is -2.44. The number of fused-ring (bicyclic) bond motifs is 1. The molecule has 4 rings (SSSR count). The minimum absolute atomic E-state index is 0.0138. The zero-order chi connectivity index (χ0) is 17.4. The van der Waals surface area contributed by atoms with Crippen molar-refractivity contribution in [2.24, 2.45) is 5.92 Å². The van der Waals surface area contributed by atoms with E-state index in [4.69, 9.17) is 9.47 Å². The Morgan fingerprint density at radius 1 is 1.04 bits per heavy atom. The molecule has 0 saturated heterocycles. The number of anilines is 1. The van der Waals surface area contributed by atoms with Crippen LogP contribution >= 0.6 is 0 Å². The van der Waals surface area contributed by atoms with Crippen molar-refractivity contribution in [2.75, 3.05) is 18.5 Å². The molecule has 0 spiro atoms. The van der Waals surface area contributed by atoms with Crippen LogP contribution in [0.2, 0.25) is 0 Å². The Bertz CT molecular complexity index is 758. The monoisotopic (exact) mass is 350 g/mol. The van der Waals surface area contributed by atoms with E-state index in [0.29, 0.717) is 30.7 Å². The molecule has 1 aliphatic heterocycles. The summed E-state index contributed by atoms with van der Waals surface area (Å²) in [4.78, 5) is 3.92. The summed E-state index contributed by atoms with van der Waals surface area (Å²) < 4.78 is 49.1. The summed E-state index contributed by atoms with van der Waals surface area (Å²) in [6, 6.07) is 8.18. The van der Waals surface area contributed by atoms with Gasteiger partial charge in [-0.15, -0.1) is 0 Å². The van der Waals surface area contributed by atoms with Crippen molar-refractivity contribution < 1.29 is 22.6 Å². The first-order valence-corrected chi connectivity index (χ1v) is 8.20. The summed E-state index contributed by atoms with van der Waals surface area (Å²) >= 11 is 0. The number of nitrogens with one attached hydrogen (secondary N) is 1. The molecule has 1 aromatic heterocycles. The SMILES string of the molecule is FC(F)(F)c1ccc(NC(c2ccc3c(c2)OCCO3)C2CC2)nc1. The second-order valence-electron chi connectivity index (χ2n) is 6.29. The van der Waals surface area contributed by atoms with E-state index in [1.165, 1.54) is 6.07 Å². The fourth-order valence-electron chi connectivity index (χ4n) is 2.96. The zero-order valence-electron chi connectivity index (χ0n) is 13.3. The van der Waals surface area contributed by atoms with Gasteiger partial charge in [0, 0.05) is 6.20 Å². The molecular weight excluding hydrogens is 333 g/mol. The van der Waals surface area contributed by atoms with Gasteiger partial charge in [-0.2, -0.15) is 13.2 Å². The van der Waals surface area contributed by atoms with E-state index in [1.807, 2.05) is 18.2 Å². The van der Waals surface area contributed by atoms with Crippen molar-refractivity contribution >= 4 is 5.82 Å². The number of nitrogens with zero attached hydrogens (tertiary/aromatic N) is 1. The molecule has 1 N–H and O–H groups in total. The van der Waals surface area contributed by atoms with E-state index in [9.17, 15) is 13.2 Å². The highest BCUT2D eigenvalue weighted by molar-refractivity contribution is 5.48. The molecule has 1 aliphatic carbocycles. The summed E-state index contributed by atoms with van der Waals surface area (Å²) in [5.41, 5.74) is 0.272. The van der Waals surface area contributed by atoms with Crippen molar-refractivity contribution in [1.82, 2.24) is 4.98 Å². The minimum Gasteiger partial charge on any atom is -0.486 e. The van der Waals surface area contributed by atoms with Crippen LogP contribution in [0.25, 0.3) is 0 Å². The standard InChI is InChI=1S/C18H17F3N2O2/c19-18(20,21)13-4-6-16(22-10-13)23-17(11-1-2-11)12-3-5-14-15(9-12)25-8-7-24-14/h3-6,9-11,17H,1-2,7-8H2,(H,22,23). The molecule has 7 heteroatoms. The van der Waals surface area contributed by atoms with E-state index < -0.39 is 11.7 Å². The Balaban J connectivity index is 1.56. The summed E-state index contributed by atoms with van der Waals surface area (Å²) in [6.07, 6.45) is -1.37. The molecule has 1 saturated carbocycles. The van der Waals surface area contributed by atoms with Gasteiger partial charge >= 0.3 is 6.18 Å². The normalized spacial score (nSPS) is 17.9. The summed E-state index contributed by atoms with van der Waals surface area (Å²) in [6.45, 7) is 1.05. The lowest BCUT2D eigenvalue weighted by atomic mass is 10.0. The lowest BCUT2D eigenvalue weighted by Crippen LogP contribution is -2.18. The molecule has 1 unspecified atom stereocenters. The van der Waals surface area contributed by atoms with Gasteiger partial charge < -0.3 is 14.8 Å². The van der Waals surface area contributed by atoms with E-state index in [2.05, 4.69) is 10.3 Å². The molecule has 0 radical (unpaired) electrons. The van der Waals surface area contributed by atoms with Crippen molar-refractivity contribution in [3.8, 4) is 11.5 Å². The maximum absolute atomic E-state index is 12.7. The van der Waals surface area contributed by atoms with Gasteiger partial charge in [0.2, 0.25) is 0 Å². The molecule has 2 heterocycles. The predicted molar refractivity (Wildman–Crippen MR) is 85.8 cm³/mol. The maximum Gasteiger partial charge on any atom is 0.417 e. The van der Waals surface area contributed by atoms with Gasteiger partial charge in [0.25, 0.3) is 0 Å².